The van der Waals surface area contributed by atoms with Crippen molar-refractivity contribution in [3.63, 3.8) is 0 Å². The van der Waals surface area contributed by atoms with Crippen molar-refractivity contribution in [1.82, 2.24) is 14.5 Å². The zero-order valence-corrected chi connectivity index (χ0v) is 9.56. The first-order chi connectivity index (χ1) is 7.59. The van der Waals surface area contributed by atoms with Crippen molar-refractivity contribution < 1.29 is 0 Å². The van der Waals surface area contributed by atoms with E-state index in [0.717, 1.165) is 11.2 Å². The third-order valence-electron chi connectivity index (χ3n) is 2.33. The van der Waals surface area contributed by atoms with E-state index < -0.39 is 0 Å². The molecule has 1 N–H and O–H groups in total. The second-order valence-electron chi connectivity index (χ2n) is 3.99. The van der Waals surface area contributed by atoms with Crippen molar-refractivity contribution in [3.05, 3.63) is 28.8 Å². The minimum Gasteiger partial charge on any atom is -0.367 e. The predicted octanol–water partition coefficient (Wildman–Crippen LogP) is 1.15. The van der Waals surface area contributed by atoms with Crippen LogP contribution in [0.3, 0.4) is 0 Å². The summed E-state index contributed by atoms with van der Waals surface area (Å²) in [6, 6.07) is 3.56. The van der Waals surface area contributed by atoms with Gasteiger partial charge >= 0.3 is 0 Å². The molecule has 2 rings (SSSR count). The van der Waals surface area contributed by atoms with Gasteiger partial charge in [-0.1, -0.05) is 0 Å². The molecule has 5 heteroatoms. The number of pyridine rings is 1. The third kappa shape index (κ3) is 1.76. The summed E-state index contributed by atoms with van der Waals surface area (Å²) in [6.45, 7) is 4.08. The molecule has 0 spiro atoms. The lowest BCUT2D eigenvalue weighted by Crippen LogP contribution is -2.18. The molecule has 0 unspecified atom stereocenters. The lowest BCUT2D eigenvalue weighted by molar-refractivity contribution is 0.871. The van der Waals surface area contributed by atoms with Crippen molar-refractivity contribution in [1.29, 1.82) is 0 Å². The van der Waals surface area contributed by atoms with E-state index in [4.69, 9.17) is 0 Å². The molecule has 2 aromatic heterocycles. The van der Waals surface area contributed by atoms with Crippen molar-refractivity contribution in [2.75, 3.05) is 5.32 Å². The van der Waals surface area contributed by atoms with Crippen molar-refractivity contribution >= 4 is 16.9 Å². The number of aromatic nitrogens is 3. The van der Waals surface area contributed by atoms with Gasteiger partial charge in [0.05, 0.1) is 5.39 Å². The highest BCUT2D eigenvalue weighted by atomic mass is 16.1. The van der Waals surface area contributed by atoms with Crippen LogP contribution < -0.4 is 10.9 Å². The summed E-state index contributed by atoms with van der Waals surface area (Å²) in [5.74, 6) is 0.760. The SMILES string of the molecule is CC(C)Nc1ncnc2c1ccc(=O)n2C. The topological polar surface area (TPSA) is 59.8 Å². The number of fused-ring (bicyclic) bond motifs is 1. The van der Waals surface area contributed by atoms with E-state index in [0.29, 0.717) is 5.65 Å². The predicted molar refractivity (Wildman–Crippen MR) is 63.5 cm³/mol. The fourth-order valence-electron chi connectivity index (χ4n) is 1.57. The van der Waals surface area contributed by atoms with Crippen LogP contribution in [0, 0.1) is 0 Å². The van der Waals surface area contributed by atoms with Crippen LogP contribution in [0.5, 0.6) is 0 Å². The molecule has 0 saturated heterocycles. The maximum Gasteiger partial charge on any atom is 0.251 e. The van der Waals surface area contributed by atoms with Crippen LogP contribution in [0.4, 0.5) is 5.82 Å². The first kappa shape index (κ1) is 10.6. The maximum atomic E-state index is 11.4. The van der Waals surface area contributed by atoms with Crippen LogP contribution >= 0.6 is 0 Å². The first-order valence-corrected chi connectivity index (χ1v) is 5.17. The fraction of sp³-hybridized carbons (Fsp3) is 0.364. The molecule has 0 fully saturated rings. The van der Waals surface area contributed by atoms with Crippen LogP contribution in [-0.2, 0) is 7.05 Å². The highest BCUT2D eigenvalue weighted by Crippen LogP contribution is 2.17. The second-order valence-corrected chi connectivity index (χ2v) is 3.99. The second kappa shape index (κ2) is 3.92. The van der Waals surface area contributed by atoms with Crippen molar-refractivity contribution in [3.8, 4) is 0 Å². The number of aryl methyl sites for hydroxylation is 1. The monoisotopic (exact) mass is 218 g/mol. The van der Waals surface area contributed by atoms with Crippen molar-refractivity contribution in [2.24, 2.45) is 7.05 Å². The third-order valence-corrected chi connectivity index (χ3v) is 2.33. The van der Waals surface area contributed by atoms with Gasteiger partial charge in [0.25, 0.3) is 5.56 Å². The lowest BCUT2D eigenvalue weighted by Gasteiger charge is -2.11. The van der Waals surface area contributed by atoms with Crippen molar-refractivity contribution in [2.45, 2.75) is 19.9 Å². The summed E-state index contributed by atoms with van der Waals surface area (Å²) in [6.07, 6.45) is 1.46. The standard InChI is InChI=1S/C11H14N4O/c1-7(2)14-10-8-4-5-9(16)15(3)11(8)13-6-12-10/h4-7H,1-3H3,(H,12,13,14). The zero-order valence-electron chi connectivity index (χ0n) is 9.56. The molecule has 2 aromatic rings. The summed E-state index contributed by atoms with van der Waals surface area (Å²) in [7, 11) is 1.71. The molecule has 0 aliphatic heterocycles. The molecule has 0 atom stereocenters. The summed E-state index contributed by atoms with van der Waals surface area (Å²) >= 11 is 0. The minimum atomic E-state index is -0.0679. The molecule has 0 aliphatic carbocycles. The average Bonchev–Trinajstić information content (AvgIpc) is 2.23. The summed E-state index contributed by atoms with van der Waals surface area (Å²) in [5.41, 5.74) is 0.576. The molecule has 0 saturated carbocycles. The molecule has 0 bridgehead atoms. The zero-order chi connectivity index (χ0) is 11.7. The average molecular weight is 218 g/mol. The van der Waals surface area contributed by atoms with Crippen LogP contribution in [0.1, 0.15) is 13.8 Å². The first-order valence-electron chi connectivity index (χ1n) is 5.17. The summed E-state index contributed by atoms with van der Waals surface area (Å²) < 4.78 is 1.52. The van der Waals surface area contributed by atoms with Gasteiger partial charge in [-0.3, -0.25) is 9.36 Å². The number of hydrogen-bond donors (Lipinski definition) is 1. The molecular weight excluding hydrogens is 204 g/mol. The van der Waals surface area contributed by atoms with E-state index >= 15 is 0 Å². The lowest BCUT2D eigenvalue weighted by atomic mass is 10.3. The molecule has 84 valence electrons. The van der Waals surface area contributed by atoms with E-state index in [1.165, 1.54) is 17.0 Å². The Morgan fingerprint density at radius 3 is 2.75 bits per heavy atom. The Morgan fingerprint density at radius 1 is 1.31 bits per heavy atom. The van der Waals surface area contributed by atoms with E-state index in [-0.39, 0.29) is 11.6 Å². The number of nitrogens with one attached hydrogen (secondary N) is 1. The van der Waals surface area contributed by atoms with Crippen LogP contribution in [-0.4, -0.2) is 20.6 Å². The maximum absolute atomic E-state index is 11.4. The van der Waals surface area contributed by atoms with E-state index in [2.05, 4.69) is 15.3 Å². The van der Waals surface area contributed by atoms with Gasteiger partial charge in [-0.05, 0) is 19.9 Å². The Morgan fingerprint density at radius 2 is 2.06 bits per heavy atom. The van der Waals surface area contributed by atoms with E-state index in [1.807, 2.05) is 13.8 Å². The highest BCUT2D eigenvalue weighted by molar-refractivity contribution is 5.86. The largest absolute Gasteiger partial charge is 0.367 e. The normalized spacial score (nSPS) is 11.0. The fourth-order valence-corrected chi connectivity index (χ4v) is 1.57. The Labute approximate surface area is 93.2 Å². The molecule has 0 amide bonds. The minimum absolute atomic E-state index is 0.0679. The van der Waals surface area contributed by atoms with Gasteiger partial charge in [-0.15, -0.1) is 0 Å². The van der Waals surface area contributed by atoms with Crippen LogP contribution in [0.25, 0.3) is 11.0 Å². The van der Waals surface area contributed by atoms with Gasteiger partial charge in [0.15, 0.2) is 0 Å². The Hall–Kier alpha value is -1.91. The van der Waals surface area contributed by atoms with Gasteiger partial charge in [0, 0.05) is 19.2 Å². The Balaban J connectivity index is 2.69. The van der Waals surface area contributed by atoms with Crippen LogP contribution in [0.2, 0.25) is 0 Å². The summed E-state index contributed by atoms with van der Waals surface area (Å²) in [4.78, 5) is 19.8. The molecule has 5 nitrogen and oxygen atoms in total. The molecule has 16 heavy (non-hydrogen) atoms. The highest BCUT2D eigenvalue weighted by Gasteiger charge is 2.07. The van der Waals surface area contributed by atoms with Gasteiger partial charge in [0.2, 0.25) is 0 Å². The number of nitrogens with zero attached hydrogens (tertiary/aromatic N) is 3. The molecule has 0 radical (unpaired) electrons. The number of anilines is 1. The smallest absolute Gasteiger partial charge is 0.251 e. The molecule has 0 aromatic carbocycles. The van der Waals surface area contributed by atoms with Gasteiger partial charge in [0.1, 0.15) is 17.8 Å². The van der Waals surface area contributed by atoms with Gasteiger partial charge in [-0.2, -0.15) is 0 Å². The molecule has 0 aliphatic rings. The van der Waals surface area contributed by atoms with Gasteiger partial charge in [-0.25, -0.2) is 9.97 Å². The molecular formula is C11H14N4O. The number of rotatable bonds is 2. The van der Waals surface area contributed by atoms with Gasteiger partial charge < -0.3 is 5.32 Å². The van der Waals surface area contributed by atoms with Crippen LogP contribution in [0.15, 0.2) is 23.3 Å². The molecule has 2 heterocycles. The quantitative estimate of drug-likeness (QED) is 0.821. The summed E-state index contributed by atoms with van der Waals surface area (Å²) in [5, 5.41) is 4.09. The van der Waals surface area contributed by atoms with E-state index in [9.17, 15) is 4.79 Å². The Kier molecular flexibility index (Phi) is 2.60. The number of hydrogen-bond acceptors (Lipinski definition) is 4. The van der Waals surface area contributed by atoms with E-state index in [1.54, 1.807) is 13.1 Å². The Bertz CT molecular complexity index is 574.